The molecule has 0 bridgehead atoms. The predicted molar refractivity (Wildman–Crippen MR) is 122 cm³/mol. The molecular weight excluding hydrogens is 467 g/mol. The minimum Gasteiger partial charge on any atom is -0.483 e. The van der Waals surface area contributed by atoms with Crippen molar-refractivity contribution in [1.82, 2.24) is 9.80 Å². The van der Waals surface area contributed by atoms with Crippen LogP contribution >= 0.6 is 0 Å². The van der Waals surface area contributed by atoms with Crippen molar-refractivity contribution in [2.45, 2.75) is 51.9 Å². The van der Waals surface area contributed by atoms with Crippen LogP contribution in [0.3, 0.4) is 0 Å². The first-order valence-electron chi connectivity index (χ1n) is 11.5. The Kier molecular flexibility index (Phi) is 6.20. The van der Waals surface area contributed by atoms with Crippen LogP contribution in [0, 0.1) is 0 Å². The molecule has 2 aliphatic heterocycles. The monoisotopic (exact) mass is 494 g/mol. The van der Waals surface area contributed by atoms with Gasteiger partial charge in [-0.3, -0.25) is 9.69 Å². The molecule has 0 spiro atoms. The molecular formula is C26H27F5N2O2. The fraction of sp³-hybridized carbons (Fsp3) is 0.423. The van der Waals surface area contributed by atoms with E-state index >= 15 is 0 Å². The number of hydrogen-bond acceptors (Lipinski definition) is 3. The third-order valence-electron chi connectivity index (χ3n) is 6.70. The Bertz CT molecular complexity index is 1180. The third kappa shape index (κ3) is 4.20. The number of benzene rings is 2. The summed E-state index contributed by atoms with van der Waals surface area (Å²) in [7, 11) is 0. The molecule has 0 aromatic heterocycles. The van der Waals surface area contributed by atoms with E-state index in [0.717, 1.165) is 23.8 Å². The van der Waals surface area contributed by atoms with Gasteiger partial charge in [0.05, 0.1) is 12.2 Å². The summed E-state index contributed by atoms with van der Waals surface area (Å²) in [5.74, 6) is -5.24. The van der Waals surface area contributed by atoms with Gasteiger partial charge in [0, 0.05) is 28.8 Å². The zero-order valence-corrected chi connectivity index (χ0v) is 20.0. The van der Waals surface area contributed by atoms with Gasteiger partial charge in [-0.05, 0) is 56.8 Å². The normalized spacial score (nSPS) is 17.5. The number of likely N-dealkylation sites (N-methyl/N-ethyl adjacent to an activating group) is 1. The van der Waals surface area contributed by atoms with Gasteiger partial charge in [0.2, 0.25) is 0 Å². The Morgan fingerprint density at radius 2 is 1.66 bits per heavy atom. The largest absolute Gasteiger partial charge is 0.483 e. The predicted octanol–water partition coefficient (Wildman–Crippen LogP) is 6.22. The molecule has 1 amide bonds. The van der Waals surface area contributed by atoms with E-state index in [1.165, 1.54) is 4.90 Å². The number of amides is 1. The number of rotatable bonds is 6. The van der Waals surface area contributed by atoms with Crippen molar-refractivity contribution in [2.75, 3.05) is 19.6 Å². The van der Waals surface area contributed by atoms with Crippen LogP contribution in [0.4, 0.5) is 22.0 Å². The van der Waals surface area contributed by atoms with Gasteiger partial charge in [-0.2, -0.15) is 22.0 Å². The van der Waals surface area contributed by atoms with E-state index < -0.39 is 23.3 Å². The van der Waals surface area contributed by atoms with Crippen molar-refractivity contribution in [3.8, 4) is 5.75 Å². The van der Waals surface area contributed by atoms with Crippen molar-refractivity contribution in [3.63, 3.8) is 0 Å². The quantitative estimate of drug-likeness (QED) is 0.447. The highest BCUT2D eigenvalue weighted by Crippen LogP contribution is 2.49. The van der Waals surface area contributed by atoms with Gasteiger partial charge in [0.1, 0.15) is 11.4 Å². The van der Waals surface area contributed by atoms with E-state index in [9.17, 15) is 26.7 Å². The lowest BCUT2D eigenvalue weighted by molar-refractivity contribution is -0.289. The molecule has 2 aliphatic rings. The van der Waals surface area contributed by atoms with Crippen LogP contribution in [0.2, 0.25) is 0 Å². The number of alkyl halides is 5. The highest BCUT2D eigenvalue weighted by Gasteiger charge is 2.59. The number of nitrogens with zero attached hydrogens (tertiary/aromatic N) is 2. The summed E-state index contributed by atoms with van der Waals surface area (Å²) in [6, 6.07) is 9.69. The van der Waals surface area contributed by atoms with E-state index in [-0.39, 0.29) is 23.8 Å². The van der Waals surface area contributed by atoms with Crippen LogP contribution in [0.1, 0.15) is 54.7 Å². The molecule has 35 heavy (non-hydrogen) atoms. The molecule has 0 N–H and O–H groups in total. The maximum absolute atomic E-state index is 14.3. The first kappa shape index (κ1) is 25.2. The smallest absolute Gasteiger partial charge is 0.458 e. The first-order chi connectivity index (χ1) is 16.3. The molecule has 2 heterocycles. The molecule has 9 heteroatoms. The van der Waals surface area contributed by atoms with Crippen LogP contribution in [-0.4, -0.2) is 47.1 Å². The third-order valence-corrected chi connectivity index (χ3v) is 6.70. The molecule has 0 atom stereocenters. The lowest BCUT2D eigenvalue weighted by Gasteiger charge is -2.41. The molecule has 0 radical (unpaired) electrons. The topological polar surface area (TPSA) is 32.8 Å². The number of carbonyl (C=O) groups is 1. The van der Waals surface area contributed by atoms with E-state index in [4.69, 9.17) is 4.74 Å². The number of ether oxygens (including phenoxy) is 1. The zero-order chi connectivity index (χ0) is 25.8. The second kappa shape index (κ2) is 8.62. The summed E-state index contributed by atoms with van der Waals surface area (Å²) in [4.78, 5) is 17.0. The summed E-state index contributed by atoms with van der Waals surface area (Å²) >= 11 is 0. The highest BCUT2D eigenvalue weighted by molar-refractivity contribution is 6.04. The Labute approximate surface area is 201 Å². The van der Waals surface area contributed by atoms with Crippen molar-refractivity contribution in [1.29, 1.82) is 0 Å². The Morgan fingerprint density at radius 1 is 1.00 bits per heavy atom. The van der Waals surface area contributed by atoms with Crippen LogP contribution in [-0.2, 0) is 12.5 Å². The molecule has 4 rings (SSSR count). The van der Waals surface area contributed by atoms with Gasteiger partial charge in [0.15, 0.2) is 0 Å². The fourth-order valence-corrected chi connectivity index (χ4v) is 4.63. The highest BCUT2D eigenvalue weighted by atomic mass is 19.4. The molecule has 0 fully saturated rings. The van der Waals surface area contributed by atoms with E-state index in [1.807, 2.05) is 13.8 Å². The molecule has 4 nitrogen and oxygen atoms in total. The average molecular weight is 495 g/mol. The number of carbonyl (C=O) groups excluding carboxylic acids is 1. The summed E-state index contributed by atoms with van der Waals surface area (Å²) in [5.41, 5.74) is 0.115. The maximum Gasteiger partial charge on any atom is 0.458 e. The van der Waals surface area contributed by atoms with Gasteiger partial charge in [-0.1, -0.05) is 32.0 Å². The summed E-state index contributed by atoms with van der Waals surface area (Å²) in [5, 5.41) is 0. The van der Waals surface area contributed by atoms with Gasteiger partial charge in [-0.15, -0.1) is 0 Å². The molecule has 0 saturated carbocycles. The molecule has 2 aromatic carbocycles. The van der Waals surface area contributed by atoms with Crippen molar-refractivity contribution in [3.05, 3.63) is 70.3 Å². The van der Waals surface area contributed by atoms with Gasteiger partial charge < -0.3 is 9.64 Å². The molecule has 0 unspecified atom stereocenters. The Balaban J connectivity index is 1.96. The number of fused-ring (bicyclic) bond motifs is 2. The van der Waals surface area contributed by atoms with Crippen LogP contribution in [0.5, 0.6) is 5.75 Å². The minimum absolute atomic E-state index is 0.0501. The first-order valence-corrected chi connectivity index (χ1v) is 11.5. The summed E-state index contributed by atoms with van der Waals surface area (Å²) in [6.45, 7) is 9.44. The molecule has 0 saturated heterocycles. The van der Waals surface area contributed by atoms with Gasteiger partial charge >= 0.3 is 12.1 Å². The number of halogens is 5. The Hall–Kier alpha value is -2.94. The molecule has 188 valence electrons. The van der Waals surface area contributed by atoms with Crippen LogP contribution in [0.15, 0.2) is 48.0 Å². The number of hydrogen-bond donors (Lipinski definition) is 0. The van der Waals surface area contributed by atoms with E-state index in [0.29, 0.717) is 36.5 Å². The van der Waals surface area contributed by atoms with Gasteiger partial charge in [-0.25, -0.2) is 0 Å². The van der Waals surface area contributed by atoms with E-state index in [1.54, 1.807) is 38.1 Å². The molecule has 2 aromatic rings. The lowest BCUT2D eigenvalue weighted by atomic mass is 9.87. The second-order valence-corrected chi connectivity index (χ2v) is 9.23. The van der Waals surface area contributed by atoms with Gasteiger partial charge in [0.25, 0.3) is 5.91 Å². The minimum atomic E-state index is -5.76. The standard InChI is InChI=1S/C26H27F5N2O2/c1-5-32(6-2)15-20-22(33-14-16-9-7-8-10-18(16)23(33)34)19-13-17(25(27,28)26(29,30)31)11-12-21(19)35-24(20,3)4/h7-13H,5-6,14-15H2,1-4H3. The van der Waals surface area contributed by atoms with Crippen LogP contribution in [0.25, 0.3) is 5.70 Å². The van der Waals surface area contributed by atoms with Crippen molar-refractivity contribution < 1.29 is 31.5 Å². The van der Waals surface area contributed by atoms with Crippen molar-refractivity contribution in [2.24, 2.45) is 0 Å². The second-order valence-electron chi connectivity index (χ2n) is 9.23. The zero-order valence-electron chi connectivity index (χ0n) is 20.0. The summed E-state index contributed by atoms with van der Waals surface area (Å²) in [6.07, 6.45) is -5.76. The van der Waals surface area contributed by atoms with E-state index in [2.05, 4.69) is 4.90 Å². The SMILES string of the molecule is CCN(CC)CC1=C(N2Cc3ccccc3C2=O)c2cc(C(F)(F)C(F)(F)F)ccc2OC1(C)C. The fourth-order valence-electron chi connectivity index (χ4n) is 4.63. The average Bonchev–Trinajstić information content (AvgIpc) is 3.12. The van der Waals surface area contributed by atoms with Crippen LogP contribution < -0.4 is 4.74 Å². The molecule has 0 aliphatic carbocycles. The lowest BCUT2D eigenvalue weighted by Crippen LogP contribution is -2.43. The van der Waals surface area contributed by atoms with Crippen molar-refractivity contribution >= 4 is 11.6 Å². The summed E-state index contributed by atoms with van der Waals surface area (Å²) < 4.78 is 74.4. The maximum atomic E-state index is 14.3. The Morgan fingerprint density at radius 3 is 2.26 bits per heavy atom.